The number of hydrogen-bond donors (Lipinski definition) is 0. The highest BCUT2D eigenvalue weighted by Gasteiger charge is 2.25. The highest BCUT2D eigenvalue weighted by atomic mass is 16.1. The van der Waals surface area contributed by atoms with Crippen molar-refractivity contribution in [1.82, 2.24) is 0 Å². The van der Waals surface area contributed by atoms with Gasteiger partial charge in [-0.2, -0.15) is 4.99 Å². The summed E-state index contributed by atoms with van der Waals surface area (Å²) >= 11 is 0. The van der Waals surface area contributed by atoms with Crippen LogP contribution in [0.3, 0.4) is 0 Å². The molecule has 0 bridgehead atoms. The average Bonchev–Trinajstić information content (AvgIpc) is 2.40. The summed E-state index contributed by atoms with van der Waals surface area (Å²) in [4.78, 5) is 28.4. The molecule has 100 valence electrons. The van der Waals surface area contributed by atoms with E-state index >= 15 is 0 Å². The van der Waals surface area contributed by atoms with E-state index in [4.69, 9.17) is 0 Å². The first-order chi connectivity index (χ1) is 8.59. The van der Waals surface area contributed by atoms with Crippen LogP contribution in [0.1, 0.15) is 46.5 Å². The van der Waals surface area contributed by atoms with Gasteiger partial charge in [0.05, 0.1) is 11.6 Å². The normalized spacial score (nSPS) is 16.6. The monoisotopic (exact) mass is 250 g/mol. The van der Waals surface area contributed by atoms with Gasteiger partial charge in [0.15, 0.2) is 0 Å². The Morgan fingerprint density at radius 3 is 2.39 bits per heavy atom. The van der Waals surface area contributed by atoms with Crippen molar-refractivity contribution in [1.29, 1.82) is 0 Å². The summed E-state index contributed by atoms with van der Waals surface area (Å²) in [5, 5.41) is 0. The topological polar surface area (TPSA) is 58.9 Å². The molecule has 0 saturated heterocycles. The zero-order chi connectivity index (χ0) is 14.0. The van der Waals surface area contributed by atoms with E-state index in [0.29, 0.717) is 12.8 Å². The van der Waals surface area contributed by atoms with E-state index in [1.807, 2.05) is 20.8 Å². The molecule has 0 rings (SSSR count). The molecular formula is C14H22N2O2. The fourth-order valence-electron chi connectivity index (χ4n) is 2.05. The van der Waals surface area contributed by atoms with Gasteiger partial charge in [0.2, 0.25) is 12.2 Å². The van der Waals surface area contributed by atoms with Crippen LogP contribution in [0.2, 0.25) is 0 Å². The Morgan fingerprint density at radius 1 is 1.33 bits per heavy atom. The van der Waals surface area contributed by atoms with E-state index in [2.05, 4.69) is 16.6 Å². The summed E-state index contributed by atoms with van der Waals surface area (Å²) in [6, 6.07) is -0.0120. The van der Waals surface area contributed by atoms with Gasteiger partial charge in [0.25, 0.3) is 0 Å². The third-order valence-corrected chi connectivity index (χ3v) is 3.59. The second-order valence-corrected chi connectivity index (χ2v) is 4.58. The average molecular weight is 250 g/mol. The molecule has 18 heavy (non-hydrogen) atoms. The lowest BCUT2D eigenvalue weighted by molar-refractivity contribution is 0.355. The van der Waals surface area contributed by atoms with Gasteiger partial charge in [-0.3, -0.25) is 0 Å². The molecule has 0 aliphatic heterocycles. The minimum atomic E-state index is -0.529. The summed E-state index contributed by atoms with van der Waals surface area (Å²) in [7, 11) is 0. The number of nitrogens with zero attached hydrogens (tertiary/aromatic N) is 2. The molecule has 0 saturated carbocycles. The SMILES string of the molecule is C=CC(CC)(CCC(C)C(CC)N=C=O)N=C=O. The molecule has 0 N–H and O–H groups in total. The Labute approximate surface area is 109 Å². The fraction of sp³-hybridized carbons (Fsp3) is 0.714. The first-order valence-corrected chi connectivity index (χ1v) is 6.38. The van der Waals surface area contributed by atoms with E-state index in [-0.39, 0.29) is 12.0 Å². The summed E-state index contributed by atoms with van der Waals surface area (Å²) in [6.07, 6.45) is 8.01. The zero-order valence-electron chi connectivity index (χ0n) is 11.5. The number of isocyanates is 2. The van der Waals surface area contributed by atoms with Gasteiger partial charge in [-0.05, 0) is 31.6 Å². The minimum Gasteiger partial charge on any atom is -0.211 e. The van der Waals surface area contributed by atoms with Crippen LogP contribution >= 0.6 is 0 Å². The van der Waals surface area contributed by atoms with Crippen molar-refractivity contribution in [3.63, 3.8) is 0 Å². The van der Waals surface area contributed by atoms with Gasteiger partial charge in [-0.15, -0.1) is 6.58 Å². The van der Waals surface area contributed by atoms with Crippen molar-refractivity contribution in [2.75, 3.05) is 0 Å². The molecule has 3 unspecified atom stereocenters. The first-order valence-electron chi connectivity index (χ1n) is 6.38. The lowest BCUT2D eigenvalue weighted by atomic mass is 9.85. The summed E-state index contributed by atoms with van der Waals surface area (Å²) in [5.74, 6) is 0.254. The fourth-order valence-corrected chi connectivity index (χ4v) is 2.05. The highest BCUT2D eigenvalue weighted by molar-refractivity contribution is 5.36. The van der Waals surface area contributed by atoms with Crippen LogP contribution in [0.15, 0.2) is 22.6 Å². The molecular weight excluding hydrogens is 228 g/mol. The molecule has 0 heterocycles. The molecule has 4 heteroatoms. The van der Waals surface area contributed by atoms with Gasteiger partial charge >= 0.3 is 0 Å². The largest absolute Gasteiger partial charge is 0.235 e. The molecule has 0 aliphatic carbocycles. The standard InChI is InChI=1S/C14H22N2O2/c1-5-13(15-10-17)12(4)8-9-14(6-2,7-3)16-11-18/h6,12-13H,2,5,7-9H2,1,3-4H3. The summed E-state index contributed by atoms with van der Waals surface area (Å²) in [6.45, 7) is 9.75. The molecule has 0 spiro atoms. The zero-order valence-corrected chi connectivity index (χ0v) is 11.5. The maximum absolute atomic E-state index is 10.5. The van der Waals surface area contributed by atoms with Crippen LogP contribution in [0.4, 0.5) is 0 Å². The van der Waals surface area contributed by atoms with Crippen molar-refractivity contribution < 1.29 is 9.59 Å². The molecule has 0 radical (unpaired) electrons. The smallest absolute Gasteiger partial charge is 0.211 e. The maximum atomic E-state index is 10.5. The predicted octanol–water partition coefficient (Wildman–Crippen LogP) is 3.19. The van der Waals surface area contributed by atoms with Gasteiger partial charge < -0.3 is 0 Å². The van der Waals surface area contributed by atoms with Gasteiger partial charge in [-0.1, -0.05) is 26.8 Å². The Hall–Kier alpha value is -1.50. The predicted molar refractivity (Wildman–Crippen MR) is 71.9 cm³/mol. The Morgan fingerprint density at radius 2 is 2.00 bits per heavy atom. The van der Waals surface area contributed by atoms with Crippen LogP contribution in [0.5, 0.6) is 0 Å². The molecule has 0 amide bonds. The molecule has 3 atom stereocenters. The molecule has 0 aromatic carbocycles. The maximum Gasteiger partial charge on any atom is 0.235 e. The van der Waals surface area contributed by atoms with Crippen molar-refractivity contribution in [3.05, 3.63) is 12.7 Å². The summed E-state index contributed by atoms with van der Waals surface area (Å²) in [5.41, 5.74) is -0.529. The Balaban J connectivity index is 4.65. The first kappa shape index (κ1) is 16.5. The molecule has 0 aromatic rings. The van der Waals surface area contributed by atoms with Gasteiger partial charge in [0, 0.05) is 0 Å². The second kappa shape index (κ2) is 8.57. The number of aliphatic imine (C=N–C) groups is 2. The number of rotatable bonds is 9. The van der Waals surface area contributed by atoms with E-state index in [0.717, 1.165) is 12.8 Å². The van der Waals surface area contributed by atoms with Gasteiger partial charge in [0.1, 0.15) is 0 Å². The second-order valence-electron chi connectivity index (χ2n) is 4.58. The van der Waals surface area contributed by atoms with Crippen molar-refractivity contribution in [2.45, 2.75) is 58.0 Å². The molecule has 0 aliphatic rings. The van der Waals surface area contributed by atoms with Crippen LogP contribution in [-0.4, -0.2) is 23.7 Å². The van der Waals surface area contributed by atoms with Crippen LogP contribution < -0.4 is 0 Å². The van der Waals surface area contributed by atoms with Crippen molar-refractivity contribution >= 4 is 12.2 Å². The molecule has 0 fully saturated rings. The van der Waals surface area contributed by atoms with Crippen molar-refractivity contribution in [2.24, 2.45) is 15.9 Å². The van der Waals surface area contributed by atoms with E-state index < -0.39 is 5.54 Å². The van der Waals surface area contributed by atoms with Crippen LogP contribution in [0.25, 0.3) is 0 Å². The number of carbonyl (C=O) groups excluding carboxylic acids is 2. The third kappa shape index (κ3) is 4.79. The van der Waals surface area contributed by atoms with E-state index in [9.17, 15) is 9.59 Å². The lowest BCUT2D eigenvalue weighted by Crippen LogP contribution is -2.25. The highest BCUT2D eigenvalue weighted by Crippen LogP contribution is 2.27. The quantitative estimate of drug-likeness (QED) is 0.358. The van der Waals surface area contributed by atoms with Crippen LogP contribution in [-0.2, 0) is 9.59 Å². The lowest BCUT2D eigenvalue weighted by Gasteiger charge is -2.25. The van der Waals surface area contributed by atoms with E-state index in [1.54, 1.807) is 18.2 Å². The molecule has 0 aromatic heterocycles. The number of hydrogen-bond acceptors (Lipinski definition) is 4. The van der Waals surface area contributed by atoms with Crippen molar-refractivity contribution in [3.8, 4) is 0 Å². The minimum absolute atomic E-state index is 0.0120. The summed E-state index contributed by atoms with van der Waals surface area (Å²) < 4.78 is 0. The Kier molecular flexibility index (Phi) is 7.86. The third-order valence-electron chi connectivity index (χ3n) is 3.59. The van der Waals surface area contributed by atoms with E-state index in [1.165, 1.54) is 0 Å². The Bertz CT molecular complexity index is 355. The van der Waals surface area contributed by atoms with Gasteiger partial charge in [-0.25, -0.2) is 14.6 Å². The molecule has 4 nitrogen and oxygen atoms in total. The van der Waals surface area contributed by atoms with Crippen LogP contribution in [0, 0.1) is 5.92 Å².